The van der Waals surface area contributed by atoms with Gasteiger partial charge in [-0.3, -0.25) is 9.59 Å². The van der Waals surface area contributed by atoms with Crippen LogP contribution >= 0.6 is 15.9 Å². The highest BCUT2D eigenvalue weighted by Gasteiger charge is 2.43. The third-order valence-corrected chi connectivity index (χ3v) is 7.06. The Morgan fingerprint density at radius 3 is 2.43 bits per heavy atom. The largest absolute Gasteiger partial charge is 0.503 e. The van der Waals surface area contributed by atoms with Crippen LogP contribution in [0, 0.1) is 20.8 Å². The first kappa shape index (κ1) is 23.2. The Bertz CT molecular complexity index is 1560. The Morgan fingerprint density at radius 2 is 1.74 bits per heavy atom. The SMILES string of the molecule is COc1cc(C2c3c(oc4c(C)cc(C)cc4c3=O)C(=O)N2Cc2ccc(C)cc2)cc(Br)c1O. The molecule has 0 spiro atoms. The minimum atomic E-state index is -0.717. The molecule has 0 aliphatic carbocycles. The molecule has 5 rings (SSSR count). The van der Waals surface area contributed by atoms with E-state index in [0.29, 0.717) is 26.6 Å². The molecule has 3 aromatic carbocycles. The standard InChI is InChI=1S/C28H24BrNO5/c1-14-5-7-17(8-6-14)13-30-23(18-11-20(29)25(32)21(12-18)34-4)22-24(31)19-10-15(2)9-16(3)26(19)35-27(22)28(30)33/h5-12,23,32H,13H2,1-4H3. The van der Waals surface area contributed by atoms with Gasteiger partial charge < -0.3 is 19.2 Å². The van der Waals surface area contributed by atoms with Gasteiger partial charge in [-0.2, -0.15) is 0 Å². The van der Waals surface area contributed by atoms with Crippen LogP contribution < -0.4 is 10.2 Å². The summed E-state index contributed by atoms with van der Waals surface area (Å²) >= 11 is 3.38. The normalized spacial score (nSPS) is 15.1. The van der Waals surface area contributed by atoms with Crippen molar-refractivity contribution < 1.29 is 19.1 Å². The maximum Gasteiger partial charge on any atom is 0.291 e. The molecule has 1 unspecified atom stereocenters. The van der Waals surface area contributed by atoms with E-state index < -0.39 is 6.04 Å². The third-order valence-electron chi connectivity index (χ3n) is 6.46. The number of methoxy groups -OCH3 is 1. The third kappa shape index (κ3) is 3.80. The second-order valence-electron chi connectivity index (χ2n) is 9.01. The van der Waals surface area contributed by atoms with Crippen LogP contribution in [0.2, 0.25) is 0 Å². The van der Waals surface area contributed by atoms with Gasteiger partial charge in [0.05, 0.1) is 28.6 Å². The van der Waals surface area contributed by atoms with Crippen molar-refractivity contribution in [2.24, 2.45) is 0 Å². The fraction of sp³-hybridized carbons (Fsp3) is 0.214. The molecule has 0 fully saturated rings. The van der Waals surface area contributed by atoms with Gasteiger partial charge in [0.1, 0.15) is 5.58 Å². The molecular weight excluding hydrogens is 510 g/mol. The van der Waals surface area contributed by atoms with Crippen molar-refractivity contribution in [3.05, 3.63) is 102 Å². The summed E-state index contributed by atoms with van der Waals surface area (Å²) in [5.74, 6) is -0.118. The van der Waals surface area contributed by atoms with Crippen LogP contribution in [0.3, 0.4) is 0 Å². The van der Waals surface area contributed by atoms with Crippen LogP contribution in [0.25, 0.3) is 11.0 Å². The lowest BCUT2D eigenvalue weighted by Gasteiger charge is -2.26. The van der Waals surface area contributed by atoms with Crippen LogP contribution in [-0.2, 0) is 6.54 Å². The van der Waals surface area contributed by atoms with Gasteiger partial charge in [0.2, 0.25) is 5.76 Å². The van der Waals surface area contributed by atoms with E-state index in [4.69, 9.17) is 9.15 Å². The van der Waals surface area contributed by atoms with Gasteiger partial charge in [0.15, 0.2) is 16.9 Å². The summed E-state index contributed by atoms with van der Waals surface area (Å²) in [6, 6.07) is 14.3. The van der Waals surface area contributed by atoms with E-state index in [1.807, 2.05) is 51.1 Å². The van der Waals surface area contributed by atoms with Crippen LogP contribution in [0.4, 0.5) is 0 Å². The highest BCUT2D eigenvalue weighted by atomic mass is 79.9. The van der Waals surface area contributed by atoms with E-state index in [2.05, 4.69) is 15.9 Å². The van der Waals surface area contributed by atoms with E-state index in [0.717, 1.165) is 22.3 Å². The van der Waals surface area contributed by atoms with E-state index in [1.54, 1.807) is 23.1 Å². The molecule has 0 saturated heterocycles. The quantitative estimate of drug-likeness (QED) is 0.351. The molecular formula is C28H24BrNO5. The lowest BCUT2D eigenvalue weighted by Crippen LogP contribution is -2.29. The topological polar surface area (TPSA) is 80.0 Å². The molecule has 6 nitrogen and oxygen atoms in total. The first-order valence-corrected chi connectivity index (χ1v) is 12.0. The van der Waals surface area contributed by atoms with Crippen LogP contribution in [-0.4, -0.2) is 23.0 Å². The molecule has 0 radical (unpaired) electrons. The average molecular weight is 534 g/mol. The number of halogens is 1. The monoisotopic (exact) mass is 533 g/mol. The maximum absolute atomic E-state index is 13.9. The number of carbonyl (C=O) groups excluding carboxylic acids is 1. The van der Waals surface area contributed by atoms with Crippen LogP contribution in [0.1, 0.15) is 50.0 Å². The first-order chi connectivity index (χ1) is 16.7. The van der Waals surface area contributed by atoms with Gasteiger partial charge in [-0.1, -0.05) is 35.9 Å². The number of hydrogen-bond donors (Lipinski definition) is 1. The van der Waals surface area contributed by atoms with Crippen molar-refractivity contribution in [3.63, 3.8) is 0 Å². The van der Waals surface area contributed by atoms with Crippen molar-refractivity contribution in [1.29, 1.82) is 0 Å². The Morgan fingerprint density at radius 1 is 1.03 bits per heavy atom. The second kappa shape index (κ2) is 8.57. The van der Waals surface area contributed by atoms with Crippen molar-refractivity contribution in [2.75, 3.05) is 7.11 Å². The number of aryl methyl sites for hydroxylation is 3. The lowest BCUT2D eigenvalue weighted by molar-refractivity contribution is 0.0714. The van der Waals surface area contributed by atoms with E-state index in [9.17, 15) is 14.7 Å². The van der Waals surface area contributed by atoms with Crippen molar-refractivity contribution >= 4 is 32.8 Å². The van der Waals surface area contributed by atoms with Gasteiger partial charge >= 0.3 is 0 Å². The highest BCUT2D eigenvalue weighted by Crippen LogP contribution is 2.44. The number of rotatable bonds is 4. The number of carbonyl (C=O) groups is 1. The minimum Gasteiger partial charge on any atom is -0.503 e. The van der Waals surface area contributed by atoms with Crippen molar-refractivity contribution in [3.8, 4) is 11.5 Å². The zero-order valence-electron chi connectivity index (χ0n) is 19.8. The minimum absolute atomic E-state index is 0.0507. The van der Waals surface area contributed by atoms with Crippen molar-refractivity contribution in [1.82, 2.24) is 4.90 Å². The molecule has 0 bridgehead atoms. The summed E-state index contributed by atoms with van der Waals surface area (Å²) in [7, 11) is 1.45. The molecule has 1 atom stereocenters. The maximum atomic E-state index is 13.9. The fourth-order valence-corrected chi connectivity index (χ4v) is 5.24. The molecule has 1 aliphatic rings. The molecule has 4 aromatic rings. The fourth-order valence-electron chi connectivity index (χ4n) is 4.78. The van der Waals surface area contributed by atoms with Gasteiger partial charge in [-0.05, 0) is 77.2 Å². The number of amides is 1. The number of hydrogen-bond acceptors (Lipinski definition) is 5. The summed E-state index contributed by atoms with van der Waals surface area (Å²) in [5.41, 5.74) is 4.89. The molecule has 0 saturated carbocycles. The van der Waals surface area contributed by atoms with Gasteiger partial charge in [-0.25, -0.2) is 0 Å². The number of nitrogens with zero attached hydrogens (tertiary/aromatic N) is 1. The zero-order chi connectivity index (χ0) is 25.0. The number of phenolic OH excluding ortho intramolecular Hbond substituents is 1. The van der Waals surface area contributed by atoms with E-state index in [1.165, 1.54) is 7.11 Å². The molecule has 2 heterocycles. The summed E-state index contributed by atoms with van der Waals surface area (Å²) in [6.45, 7) is 6.08. The van der Waals surface area contributed by atoms with Gasteiger partial charge in [-0.15, -0.1) is 0 Å². The van der Waals surface area contributed by atoms with Crippen LogP contribution in [0.15, 0.2) is 62.2 Å². The Balaban J connectivity index is 1.78. The van der Waals surface area contributed by atoms with E-state index >= 15 is 0 Å². The molecule has 1 aliphatic heterocycles. The summed E-state index contributed by atoms with van der Waals surface area (Å²) < 4.78 is 11.9. The average Bonchev–Trinajstić information content (AvgIpc) is 3.09. The Labute approximate surface area is 210 Å². The summed E-state index contributed by atoms with van der Waals surface area (Å²) in [5, 5.41) is 10.8. The molecule has 35 heavy (non-hydrogen) atoms. The number of phenols is 1. The summed E-state index contributed by atoms with van der Waals surface area (Å²) in [6.07, 6.45) is 0. The number of benzene rings is 3. The van der Waals surface area contributed by atoms with Crippen molar-refractivity contribution in [2.45, 2.75) is 33.4 Å². The molecule has 1 aromatic heterocycles. The second-order valence-corrected chi connectivity index (χ2v) is 9.86. The molecule has 1 N–H and O–H groups in total. The Kier molecular flexibility index (Phi) is 5.68. The van der Waals surface area contributed by atoms with Crippen LogP contribution in [0.5, 0.6) is 11.5 Å². The highest BCUT2D eigenvalue weighted by molar-refractivity contribution is 9.10. The Hall–Kier alpha value is -3.58. The predicted octanol–water partition coefficient (Wildman–Crippen LogP) is 5.94. The number of ether oxygens (including phenoxy) is 1. The molecule has 178 valence electrons. The number of fused-ring (bicyclic) bond motifs is 2. The predicted molar refractivity (Wildman–Crippen MR) is 137 cm³/mol. The molecule has 1 amide bonds. The lowest BCUT2D eigenvalue weighted by atomic mass is 9.96. The van der Waals surface area contributed by atoms with Gasteiger partial charge in [0, 0.05) is 6.54 Å². The number of aromatic hydroxyl groups is 1. The first-order valence-electron chi connectivity index (χ1n) is 11.2. The molecule has 7 heteroatoms. The van der Waals surface area contributed by atoms with Gasteiger partial charge in [0.25, 0.3) is 5.91 Å². The zero-order valence-corrected chi connectivity index (χ0v) is 21.4. The summed E-state index contributed by atoms with van der Waals surface area (Å²) in [4.78, 5) is 29.2. The van der Waals surface area contributed by atoms with E-state index in [-0.39, 0.29) is 35.1 Å². The smallest absolute Gasteiger partial charge is 0.291 e.